The van der Waals surface area contributed by atoms with Crippen molar-refractivity contribution in [3.8, 4) is 0 Å². The molecule has 8 heteroatoms. The van der Waals surface area contributed by atoms with Crippen molar-refractivity contribution in [1.29, 1.82) is 0 Å². The van der Waals surface area contributed by atoms with E-state index in [0.717, 1.165) is 57.3 Å². The number of piperidine rings is 1. The van der Waals surface area contributed by atoms with Crippen LogP contribution in [0, 0.1) is 16.0 Å². The average Bonchev–Trinajstić information content (AvgIpc) is 2.70. The first-order valence-electron chi connectivity index (χ1n) is 10.0. The van der Waals surface area contributed by atoms with Crippen molar-refractivity contribution in [3.63, 3.8) is 0 Å². The Bertz CT molecular complexity index is 651. The van der Waals surface area contributed by atoms with Crippen LogP contribution in [0.5, 0.6) is 0 Å². The van der Waals surface area contributed by atoms with E-state index in [4.69, 9.17) is 19.9 Å². The van der Waals surface area contributed by atoms with E-state index in [1.54, 1.807) is 26.4 Å². The molecule has 0 amide bonds. The largest absolute Gasteiger partial charge is 0.393 e. The van der Waals surface area contributed by atoms with Crippen molar-refractivity contribution in [3.05, 3.63) is 28.3 Å². The summed E-state index contributed by atoms with van der Waals surface area (Å²) in [5.41, 5.74) is 6.93. The first kappa shape index (κ1) is 20.8. The Labute approximate surface area is 166 Å². The standard InChI is InChI=1S/C20H31N3O5/c1-26-20(27-2)14-3-6-16(7-4-14)28-17-9-11-22(12-10-17)15-5-8-19(23(24)25)18(21)13-15/h5,8,13-14,16-17,20H,3-4,6-7,9-12,21H2,1-2H3. The molecule has 1 aliphatic heterocycles. The topological polar surface area (TPSA) is 100 Å². The summed E-state index contributed by atoms with van der Waals surface area (Å²) in [6.45, 7) is 1.74. The van der Waals surface area contributed by atoms with E-state index in [-0.39, 0.29) is 23.8 Å². The number of methoxy groups -OCH3 is 2. The van der Waals surface area contributed by atoms with Gasteiger partial charge in [0.15, 0.2) is 6.29 Å². The van der Waals surface area contributed by atoms with Crippen LogP contribution >= 0.6 is 0 Å². The van der Waals surface area contributed by atoms with Gasteiger partial charge in [0, 0.05) is 45.0 Å². The van der Waals surface area contributed by atoms with Crippen LogP contribution in [-0.4, -0.2) is 50.7 Å². The number of anilines is 2. The summed E-state index contributed by atoms with van der Waals surface area (Å²) in [6.07, 6.45) is 6.62. The number of hydrogen-bond acceptors (Lipinski definition) is 7. The molecule has 1 aromatic carbocycles. The molecule has 156 valence electrons. The van der Waals surface area contributed by atoms with Crippen LogP contribution in [0.4, 0.5) is 17.1 Å². The summed E-state index contributed by atoms with van der Waals surface area (Å²) < 4.78 is 17.1. The molecule has 1 aromatic rings. The maximum absolute atomic E-state index is 10.9. The summed E-state index contributed by atoms with van der Waals surface area (Å²) in [6, 6.07) is 4.96. The number of nitro groups is 1. The van der Waals surface area contributed by atoms with Crippen LogP contribution in [0.2, 0.25) is 0 Å². The van der Waals surface area contributed by atoms with Crippen LogP contribution in [0.15, 0.2) is 18.2 Å². The lowest BCUT2D eigenvalue weighted by Gasteiger charge is -2.37. The molecule has 2 aliphatic rings. The van der Waals surface area contributed by atoms with Crippen molar-refractivity contribution in [2.24, 2.45) is 5.92 Å². The van der Waals surface area contributed by atoms with E-state index in [1.165, 1.54) is 6.07 Å². The second-order valence-electron chi connectivity index (χ2n) is 7.70. The number of ether oxygens (including phenoxy) is 3. The molecule has 2 fully saturated rings. The van der Waals surface area contributed by atoms with Gasteiger partial charge in [0.1, 0.15) is 5.69 Å². The summed E-state index contributed by atoms with van der Waals surface area (Å²) in [7, 11) is 3.40. The number of nitrogen functional groups attached to an aromatic ring is 1. The van der Waals surface area contributed by atoms with Gasteiger partial charge < -0.3 is 24.8 Å². The zero-order chi connectivity index (χ0) is 20.1. The second-order valence-corrected chi connectivity index (χ2v) is 7.70. The predicted octanol–water partition coefficient (Wildman–Crippen LogP) is 3.34. The van der Waals surface area contributed by atoms with Gasteiger partial charge in [-0.1, -0.05) is 0 Å². The summed E-state index contributed by atoms with van der Waals surface area (Å²) >= 11 is 0. The van der Waals surface area contributed by atoms with E-state index < -0.39 is 4.92 Å². The van der Waals surface area contributed by atoms with Crippen molar-refractivity contribution in [2.45, 2.75) is 57.0 Å². The molecule has 0 atom stereocenters. The van der Waals surface area contributed by atoms with Crippen molar-refractivity contribution < 1.29 is 19.1 Å². The van der Waals surface area contributed by atoms with Gasteiger partial charge in [0.2, 0.25) is 0 Å². The highest BCUT2D eigenvalue weighted by Crippen LogP contribution is 2.33. The average molecular weight is 393 g/mol. The third-order valence-electron chi connectivity index (χ3n) is 5.97. The minimum atomic E-state index is -0.449. The predicted molar refractivity (Wildman–Crippen MR) is 107 cm³/mol. The smallest absolute Gasteiger partial charge is 0.292 e. The Morgan fingerprint density at radius 3 is 2.21 bits per heavy atom. The Morgan fingerprint density at radius 1 is 1.07 bits per heavy atom. The maximum atomic E-state index is 10.9. The van der Waals surface area contributed by atoms with Gasteiger partial charge in [0.25, 0.3) is 5.69 Å². The first-order valence-corrected chi connectivity index (χ1v) is 10.0. The summed E-state index contributed by atoms with van der Waals surface area (Å²) in [5, 5.41) is 10.9. The molecular formula is C20H31N3O5. The molecule has 2 N–H and O–H groups in total. The number of nitrogens with two attached hydrogens (primary N) is 1. The van der Waals surface area contributed by atoms with Gasteiger partial charge in [0.05, 0.1) is 17.1 Å². The van der Waals surface area contributed by atoms with Gasteiger partial charge in [-0.15, -0.1) is 0 Å². The lowest BCUT2D eigenvalue weighted by Crippen LogP contribution is -2.39. The summed E-state index contributed by atoms with van der Waals surface area (Å²) in [4.78, 5) is 12.7. The first-order chi connectivity index (χ1) is 13.5. The molecule has 0 radical (unpaired) electrons. The molecule has 0 bridgehead atoms. The van der Waals surface area contributed by atoms with Gasteiger partial charge in [-0.2, -0.15) is 0 Å². The number of benzene rings is 1. The lowest BCUT2D eigenvalue weighted by molar-refractivity contribution is -0.383. The van der Waals surface area contributed by atoms with E-state index in [1.807, 2.05) is 0 Å². The minimum Gasteiger partial charge on any atom is -0.393 e. The Morgan fingerprint density at radius 2 is 1.68 bits per heavy atom. The third kappa shape index (κ3) is 4.92. The highest BCUT2D eigenvalue weighted by molar-refractivity contribution is 5.66. The molecule has 0 aromatic heterocycles. The number of nitro benzene ring substituents is 1. The van der Waals surface area contributed by atoms with Crippen LogP contribution in [0.3, 0.4) is 0 Å². The van der Waals surface area contributed by atoms with Gasteiger partial charge in [-0.3, -0.25) is 10.1 Å². The van der Waals surface area contributed by atoms with E-state index in [9.17, 15) is 10.1 Å². The minimum absolute atomic E-state index is 0.0400. The fourth-order valence-corrected chi connectivity index (χ4v) is 4.41. The highest BCUT2D eigenvalue weighted by Gasteiger charge is 2.30. The molecule has 1 saturated heterocycles. The van der Waals surface area contributed by atoms with Gasteiger partial charge >= 0.3 is 0 Å². The maximum Gasteiger partial charge on any atom is 0.292 e. The molecule has 1 heterocycles. The summed E-state index contributed by atoms with van der Waals surface area (Å²) in [5.74, 6) is 0.448. The van der Waals surface area contributed by atoms with Crippen molar-refractivity contribution in [1.82, 2.24) is 0 Å². The van der Waals surface area contributed by atoms with Gasteiger partial charge in [-0.05, 0) is 50.7 Å². The number of nitrogens with zero attached hydrogens (tertiary/aromatic N) is 2. The number of hydrogen-bond donors (Lipinski definition) is 1. The molecule has 0 unspecified atom stereocenters. The van der Waals surface area contributed by atoms with Gasteiger partial charge in [-0.25, -0.2) is 0 Å². The van der Waals surface area contributed by atoms with E-state index >= 15 is 0 Å². The zero-order valence-electron chi connectivity index (χ0n) is 16.7. The molecule has 8 nitrogen and oxygen atoms in total. The lowest BCUT2D eigenvalue weighted by atomic mass is 9.86. The Kier molecular flexibility index (Phi) is 7.09. The Hall–Kier alpha value is -1.90. The van der Waals surface area contributed by atoms with E-state index in [2.05, 4.69) is 4.90 Å². The second kappa shape index (κ2) is 9.54. The zero-order valence-corrected chi connectivity index (χ0v) is 16.7. The molecule has 3 rings (SSSR count). The van der Waals surface area contributed by atoms with Crippen LogP contribution in [0.25, 0.3) is 0 Å². The monoisotopic (exact) mass is 393 g/mol. The van der Waals surface area contributed by atoms with Crippen LogP contribution < -0.4 is 10.6 Å². The van der Waals surface area contributed by atoms with Crippen LogP contribution in [-0.2, 0) is 14.2 Å². The Balaban J connectivity index is 1.45. The molecule has 1 aliphatic carbocycles. The van der Waals surface area contributed by atoms with Crippen LogP contribution in [0.1, 0.15) is 38.5 Å². The highest BCUT2D eigenvalue weighted by atomic mass is 16.7. The number of rotatable bonds is 7. The molecule has 28 heavy (non-hydrogen) atoms. The fraction of sp³-hybridized carbons (Fsp3) is 0.700. The fourth-order valence-electron chi connectivity index (χ4n) is 4.41. The van der Waals surface area contributed by atoms with Crippen molar-refractivity contribution in [2.75, 3.05) is 37.9 Å². The molecular weight excluding hydrogens is 362 g/mol. The SMILES string of the molecule is COC(OC)C1CCC(OC2CCN(c3ccc([N+](=O)[O-])c(N)c3)CC2)CC1. The molecule has 0 spiro atoms. The van der Waals surface area contributed by atoms with E-state index in [0.29, 0.717) is 12.0 Å². The third-order valence-corrected chi connectivity index (χ3v) is 5.97. The van der Waals surface area contributed by atoms with Crippen molar-refractivity contribution >= 4 is 17.1 Å². The normalized spacial score (nSPS) is 23.9. The quantitative estimate of drug-likeness (QED) is 0.328. The molecule has 1 saturated carbocycles.